The summed E-state index contributed by atoms with van der Waals surface area (Å²) in [7, 11) is 5.86. The fourth-order valence-corrected chi connectivity index (χ4v) is 18.5. The Bertz CT molecular complexity index is 2910. The number of aliphatic hydroxyl groups is 1. The number of methoxy groups -OCH3 is 1. The van der Waals surface area contributed by atoms with Gasteiger partial charge >= 0.3 is 12.3 Å². The minimum absolute atomic E-state index is 0.0337. The van der Waals surface area contributed by atoms with Crippen LogP contribution in [0.3, 0.4) is 0 Å². The summed E-state index contributed by atoms with van der Waals surface area (Å²) in [5.74, 6) is 0.577. The second kappa shape index (κ2) is 42.6. The fraction of sp³-hybridized carbons (Fsp3) is 0.933. The molecule has 0 bridgehead atoms. The van der Waals surface area contributed by atoms with Gasteiger partial charge in [0, 0.05) is 168 Å². The van der Waals surface area contributed by atoms with Crippen molar-refractivity contribution in [3.8, 4) is 0 Å². The highest BCUT2D eigenvalue weighted by Gasteiger charge is 2.64. The van der Waals surface area contributed by atoms with E-state index < -0.39 is 34.2 Å². The normalized spacial score (nSPS) is 25.8. The molecule has 2 unspecified atom stereocenters. The van der Waals surface area contributed by atoms with Crippen LogP contribution in [0.5, 0.6) is 0 Å². The van der Waals surface area contributed by atoms with Crippen molar-refractivity contribution in [2.24, 2.45) is 23.0 Å². The van der Waals surface area contributed by atoms with Gasteiger partial charge in [-0.25, -0.2) is 4.79 Å². The fourth-order valence-electron chi connectivity index (χ4n) is 18.5. The van der Waals surface area contributed by atoms with Crippen molar-refractivity contribution in [3.05, 3.63) is 0 Å². The number of amides is 5. The van der Waals surface area contributed by atoms with Crippen molar-refractivity contribution in [3.63, 3.8) is 0 Å². The van der Waals surface area contributed by atoms with Gasteiger partial charge in [0.1, 0.15) is 22.9 Å². The average molecular weight is 1620 g/mol. The number of carbonyl (C=O) groups excluding carboxylic acids is 6. The molecule has 0 spiro atoms. The first-order valence-corrected chi connectivity index (χ1v) is 45.0. The molecule has 11 fully saturated rings. The van der Waals surface area contributed by atoms with E-state index in [1.807, 2.05) is 6.92 Å². The number of halogens is 3. The van der Waals surface area contributed by atoms with Crippen molar-refractivity contribution in [1.82, 2.24) is 60.9 Å². The number of nitrogens with zero attached hydrogens (tertiary/aromatic N) is 7. The second-order valence-electron chi connectivity index (χ2n) is 40.6. The third-order valence-electron chi connectivity index (χ3n) is 28.4. The lowest BCUT2D eigenvalue weighted by Gasteiger charge is -2.46. The number of alkyl halides is 3. The molecule has 6 aliphatic heterocycles. The Labute approximate surface area is 689 Å². The van der Waals surface area contributed by atoms with Crippen LogP contribution in [-0.2, 0) is 33.4 Å². The highest BCUT2D eigenvalue weighted by atomic mass is 19.4. The molecular formula is C89H166F3N13O9. The summed E-state index contributed by atoms with van der Waals surface area (Å²) in [4.78, 5) is 89.9. The maximum absolute atomic E-state index is 13.2. The van der Waals surface area contributed by atoms with Gasteiger partial charge in [-0.1, -0.05) is 46.0 Å². The minimum Gasteiger partial charge on any atom is -0.446 e. The van der Waals surface area contributed by atoms with Gasteiger partial charge in [-0.15, -0.1) is 0 Å². The maximum Gasteiger partial charge on any atom is 0.407 e. The van der Waals surface area contributed by atoms with E-state index in [9.17, 15) is 47.0 Å². The van der Waals surface area contributed by atoms with E-state index in [0.29, 0.717) is 98.8 Å². The molecule has 2 atom stereocenters. The number of ether oxygens (including phenoxy) is 2. The van der Waals surface area contributed by atoms with Gasteiger partial charge in [0.05, 0.1) is 17.2 Å². The SMILES string of the molecule is CC(C)N1CCC(C)(NC(=O)C2(C(F)(F)F)CCC2)CC1.CC(C)N1CCC(C)(NC(=O)C2(N(C)C)CCCC2)CC1.CC(C)N1CCC(C)(NC(=O)C2(N)CCCC2)CC1.CC(C)N1CCC(C)(NC(=O)C2(O)CC2)CC1.CC(C)N1CCC(C)(NC(=O)OC2CCCC2)CC1.COC1CN(C(C)C)CC1CC(=O)CC(C)C. The Morgan fingerprint density at radius 1 is 0.439 bits per heavy atom. The van der Waals surface area contributed by atoms with Gasteiger partial charge in [-0.3, -0.25) is 33.8 Å². The van der Waals surface area contributed by atoms with Crippen LogP contribution in [0.2, 0.25) is 0 Å². The van der Waals surface area contributed by atoms with Crippen molar-refractivity contribution < 1.29 is 56.5 Å². The number of alkyl carbamates (subject to hydrolysis) is 1. The Morgan fingerprint density at radius 3 is 1.08 bits per heavy atom. The molecule has 6 heterocycles. The van der Waals surface area contributed by atoms with Crippen LogP contribution in [-0.4, -0.2) is 274 Å². The van der Waals surface area contributed by atoms with Gasteiger partial charge in [-0.2, -0.15) is 13.2 Å². The molecule has 11 aliphatic rings. The number of rotatable bonds is 22. The van der Waals surface area contributed by atoms with Crippen LogP contribution in [0.4, 0.5) is 18.0 Å². The molecule has 11 rings (SSSR count). The largest absolute Gasteiger partial charge is 0.446 e. The number of piperidine rings is 5. The molecule has 5 aliphatic carbocycles. The topological polar surface area (TPSA) is 250 Å². The lowest BCUT2D eigenvalue weighted by Crippen LogP contribution is -2.62. The molecule has 0 aromatic heterocycles. The number of nitrogens with two attached hydrogens (primary N) is 1. The predicted octanol–water partition coefficient (Wildman–Crippen LogP) is 13.1. The molecule has 5 saturated carbocycles. The summed E-state index contributed by atoms with van der Waals surface area (Å²) in [5, 5.41) is 25.3. The van der Waals surface area contributed by atoms with E-state index in [1.54, 1.807) is 7.11 Å². The number of Topliss-reactive ketones (excluding diaryl/α,β-unsaturated/α-hetero) is 1. The third kappa shape index (κ3) is 28.7. The highest BCUT2D eigenvalue weighted by Crippen LogP contribution is 2.54. The molecule has 8 N–H and O–H groups in total. The summed E-state index contributed by atoms with van der Waals surface area (Å²) in [6, 6.07) is 3.33. The van der Waals surface area contributed by atoms with Crippen LogP contribution < -0.4 is 32.3 Å². The second-order valence-corrected chi connectivity index (χ2v) is 40.6. The lowest BCUT2D eigenvalue weighted by atomic mass is 9.67. The first-order chi connectivity index (χ1) is 53.0. The van der Waals surface area contributed by atoms with Gasteiger partial charge in [-0.05, 0) is 279 Å². The summed E-state index contributed by atoms with van der Waals surface area (Å²) >= 11 is 0. The van der Waals surface area contributed by atoms with E-state index >= 15 is 0 Å². The molecule has 6 saturated heterocycles. The van der Waals surface area contributed by atoms with E-state index in [-0.39, 0.29) is 76.6 Å². The quantitative estimate of drug-likeness (QED) is 0.0532. The molecule has 0 aromatic rings. The van der Waals surface area contributed by atoms with Crippen molar-refractivity contribution in [2.45, 2.75) is 417 Å². The molecule has 25 heteroatoms. The zero-order valence-corrected chi connectivity index (χ0v) is 75.8. The number of hydrogen-bond donors (Lipinski definition) is 7. The number of ketones is 1. The molecule has 0 radical (unpaired) electrons. The molecular weight excluding hydrogens is 1450 g/mol. The van der Waals surface area contributed by atoms with E-state index in [2.05, 4.69) is 200 Å². The first kappa shape index (κ1) is 99.0. The van der Waals surface area contributed by atoms with E-state index in [1.165, 1.54) is 25.7 Å². The number of hydrogen-bond acceptors (Lipinski definition) is 17. The first-order valence-electron chi connectivity index (χ1n) is 45.0. The van der Waals surface area contributed by atoms with Crippen LogP contribution in [0, 0.1) is 17.3 Å². The number of carbonyl (C=O) groups is 6. The average Bonchev–Trinajstić information content (AvgIpc) is 1.10. The van der Waals surface area contributed by atoms with Crippen LogP contribution in [0.15, 0.2) is 0 Å². The maximum atomic E-state index is 13.2. The van der Waals surface area contributed by atoms with E-state index in [0.717, 1.165) is 181 Å². The van der Waals surface area contributed by atoms with Gasteiger partial charge in [0.2, 0.25) is 17.7 Å². The molecule has 662 valence electrons. The van der Waals surface area contributed by atoms with Gasteiger partial charge < -0.3 is 71.4 Å². The Morgan fingerprint density at radius 2 is 0.772 bits per heavy atom. The van der Waals surface area contributed by atoms with Crippen molar-refractivity contribution >= 4 is 35.5 Å². The third-order valence-corrected chi connectivity index (χ3v) is 28.4. The summed E-state index contributed by atoms with van der Waals surface area (Å²) in [6.07, 6.45) is 20.8. The minimum atomic E-state index is -4.44. The van der Waals surface area contributed by atoms with Gasteiger partial charge in [0.15, 0.2) is 0 Å². The standard InChI is InChI=1S/C17H33N3O.C15H25F3N2O.C15H29N3O.C15H28N2O2.C14H27NO2.C13H24N2O2/c1-14(2)20-12-10-16(3,11-13-20)18-15(21)17(19(4)5)8-6-7-9-17;1-11(2)20-9-7-13(3,8-10-20)19-12(21)14(5-4-6-14)15(16,17)18;1-12(2)18-10-8-14(3,9-11-18)17-13(19)15(16)6-4-5-7-15;1-12(2)17-10-8-15(3,9-11-17)16-14(18)19-13-6-4-5-7-13;1-10(2)6-13(16)7-12-8-15(11(3)4)9-14(12)17-5;1-10(2)15-8-6-12(3,7-9-15)14-11(16)13(17)4-5-13/h14H,6-13H2,1-5H3,(H,18,21);11H,4-10H2,1-3H3,(H,19,21);12H,4-11,16H2,1-3H3,(H,17,19);12-13H,4-11H2,1-3H3,(H,16,18);10-12,14H,6-9H2,1-5H3;10,17H,4-9H2,1-3H3,(H,14,16). The van der Waals surface area contributed by atoms with E-state index in [4.69, 9.17) is 15.2 Å². The summed E-state index contributed by atoms with van der Waals surface area (Å²) in [5.41, 5.74) is 1.33. The summed E-state index contributed by atoms with van der Waals surface area (Å²) in [6.45, 7) is 53.2. The van der Waals surface area contributed by atoms with Gasteiger partial charge in [0.25, 0.3) is 5.91 Å². The van der Waals surface area contributed by atoms with Crippen LogP contribution in [0.25, 0.3) is 0 Å². The predicted molar refractivity (Wildman–Crippen MR) is 453 cm³/mol. The number of nitrogens with one attached hydrogen (secondary N) is 5. The smallest absolute Gasteiger partial charge is 0.407 e. The monoisotopic (exact) mass is 1620 g/mol. The highest BCUT2D eigenvalue weighted by molar-refractivity contribution is 5.89. The lowest BCUT2D eigenvalue weighted by molar-refractivity contribution is -0.244. The molecule has 5 amide bonds. The number of likely N-dealkylation sites (tertiary alicyclic amines) is 6. The Balaban J connectivity index is 0.000000213. The number of likely N-dealkylation sites (N-methyl/N-ethyl adjacent to an activating group) is 1. The molecule has 114 heavy (non-hydrogen) atoms. The van der Waals surface area contributed by atoms with Crippen LogP contribution in [0.1, 0.15) is 318 Å². The molecule has 22 nitrogen and oxygen atoms in total. The summed E-state index contributed by atoms with van der Waals surface area (Å²) < 4.78 is 50.6. The van der Waals surface area contributed by atoms with Crippen LogP contribution >= 0.6 is 0 Å². The zero-order valence-electron chi connectivity index (χ0n) is 75.8. The zero-order chi connectivity index (χ0) is 85.2. The van der Waals surface area contributed by atoms with Crippen molar-refractivity contribution in [1.29, 1.82) is 0 Å². The van der Waals surface area contributed by atoms with Crippen molar-refractivity contribution in [2.75, 3.05) is 99.7 Å². The molecule has 0 aromatic carbocycles. The Kier molecular flexibility index (Phi) is 37.0. The Hall–Kier alpha value is -3.79.